The Kier molecular flexibility index (Phi) is 4.37. The smallest absolute Gasteiger partial charge is 0.315 e. The number of imidazole rings is 1. The molecular weight excluding hydrogens is 242 g/mol. The molecule has 0 spiro atoms. The highest BCUT2D eigenvalue weighted by atomic mass is 35.5. The molecule has 0 fully saturated rings. The van der Waals surface area contributed by atoms with Crippen molar-refractivity contribution in [1.82, 2.24) is 19.7 Å². The molecule has 92 valence electrons. The maximum Gasteiger partial charge on any atom is 0.315 e. The van der Waals surface area contributed by atoms with Crippen molar-refractivity contribution in [3.05, 3.63) is 24.6 Å². The highest BCUT2D eigenvalue weighted by Crippen LogP contribution is 2.06. The molecule has 2 aromatic rings. The van der Waals surface area contributed by atoms with E-state index in [4.69, 9.17) is 16.0 Å². The second-order valence-corrected chi connectivity index (χ2v) is 3.90. The highest BCUT2D eigenvalue weighted by Gasteiger charge is 2.03. The summed E-state index contributed by atoms with van der Waals surface area (Å²) in [4.78, 5) is 3.97. The van der Waals surface area contributed by atoms with Gasteiger partial charge in [0.15, 0.2) is 0 Å². The lowest BCUT2D eigenvalue weighted by Gasteiger charge is -2.02. The van der Waals surface area contributed by atoms with Gasteiger partial charge in [-0.3, -0.25) is 0 Å². The Morgan fingerprint density at radius 1 is 1.41 bits per heavy atom. The van der Waals surface area contributed by atoms with Crippen molar-refractivity contribution in [2.75, 3.05) is 17.7 Å². The summed E-state index contributed by atoms with van der Waals surface area (Å²) < 4.78 is 7.35. The predicted octanol–water partition coefficient (Wildman–Crippen LogP) is 1.55. The third-order valence-corrected chi connectivity index (χ3v) is 2.39. The summed E-state index contributed by atoms with van der Waals surface area (Å²) in [6.07, 6.45) is 7.06. The zero-order valence-corrected chi connectivity index (χ0v) is 10.1. The molecule has 0 aliphatic rings. The minimum atomic E-state index is 0.454. The Hall–Kier alpha value is -1.56. The van der Waals surface area contributed by atoms with E-state index in [-0.39, 0.29) is 0 Å². The molecule has 0 aliphatic heterocycles. The third-order valence-electron chi connectivity index (χ3n) is 2.20. The van der Waals surface area contributed by atoms with Crippen molar-refractivity contribution in [1.29, 1.82) is 0 Å². The van der Waals surface area contributed by atoms with Crippen molar-refractivity contribution < 1.29 is 4.42 Å². The summed E-state index contributed by atoms with van der Waals surface area (Å²) >= 11 is 5.57. The first-order valence-corrected chi connectivity index (χ1v) is 6.00. The molecule has 1 N–H and O–H groups in total. The van der Waals surface area contributed by atoms with E-state index in [0.717, 1.165) is 19.5 Å². The first-order valence-electron chi connectivity index (χ1n) is 5.46. The van der Waals surface area contributed by atoms with Crippen LogP contribution in [0.25, 0.3) is 0 Å². The molecule has 2 heterocycles. The van der Waals surface area contributed by atoms with Crippen molar-refractivity contribution in [2.45, 2.75) is 19.4 Å². The fourth-order valence-electron chi connectivity index (χ4n) is 1.38. The van der Waals surface area contributed by atoms with Crippen molar-refractivity contribution in [2.24, 2.45) is 0 Å². The SMILES string of the molecule is ClCCc1nnc(NCCCn2ccnc2)o1. The summed E-state index contributed by atoms with van der Waals surface area (Å²) in [6.45, 7) is 1.69. The average Bonchev–Trinajstić information content (AvgIpc) is 2.96. The van der Waals surface area contributed by atoms with Crippen LogP contribution in [0.3, 0.4) is 0 Å². The topological polar surface area (TPSA) is 68.8 Å². The largest absolute Gasteiger partial charge is 0.408 e. The summed E-state index contributed by atoms with van der Waals surface area (Å²) in [5, 5.41) is 10.8. The molecule has 0 bridgehead atoms. The number of halogens is 1. The number of aryl methyl sites for hydroxylation is 2. The summed E-state index contributed by atoms with van der Waals surface area (Å²) in [7, 11) is 0. The Labute approximate surface area is 104 Å². The van der Waals surface area contributed by atoms with E-state index < -0.39 is 0 Å². The summed E-state index contributed by atoms with van der Waals surface area (Å²) in [5.74, 6) is 1.06. The molecule has 0 aromatic carbocycles. The fourth-order valence-corrected chi connectivity index (χ4v) is 1.54. The van der Waals surface area contributed by atoms with Crippen LogP contribution in [0.2, 0.25) is 0 Å². The number of anilines is 1. The maximum atomic E-state index is 5.57. The van der Waals surface area contributed by atoms with Gasteiger partial charge < -0.3 is 14.3 Å². The Morgan fingerprint density at radius 2 is 2.35 bits per heavy atom. The molecule has 0 atom stereocenters. The molecule has 0 amide bonds. The van der Waals surface area contributed by atoms with E-state index in [1.807, 2.05) is 10.8 Å². The molecule has 0 saturated carbocycles. The minimum absolute atomic E-state index is 0.454. The van der Waals surface area contributed by atoms with E-state index in [2.05, 4.69) is 20.5 Å². The van der Waals surface area contributed by atoms with Gasteiger partial charge in [0.05, 0.1) is 6.33 Å². The molecular formula is C10H14ClN5O. The van der Waals surface area contributed by atoms with Gasteiger partial charge in [0.1, 0.15) is 0 Å². The number of aromatic nitrogens is 4. The van der Waals surface area contributed by atoms with Gasteiger partial charge >= 0.3 is 6.01 Å². The lowest BCUT2D eigenvalue weighted by atomic mass is 10.4. The van der Waals surface area contributed by atoms with E-state index in [1.54, 1.807) is 12.5 Å². The molecule has 6 nitrogen and oxygen atoms in total. The highest BCUT2D eigenvalue weighted by molar-refractivity contribution is 6.17. The van der Waals surface area contributed by atoms with Crippen LogP contribution in [0.1, 0.15) is 12.3 Å². The summed E-state index contributed by atoms with van der Waals surface area (Å²) in [5.41, 5.74) is 0. The molecule has 7 heteroatoms. The molecule has 2 rings (SSSR count). The zero-order valence-electron chi connectivity index (χ0n) is 9.34. The molecule has 0 radical (unpaired) electrons. The Morgan fingerprint density at radius 3 is 3.12 bits per heavy atom. The average molecular weight is 256 g/mol. The number of hydrogen-bond donors (Lipinski definition) is 1. The predicted molar refractivity (Wildman–Crippen MR) is 64.1 cm³/mol. The van der Waals surface area contributed by atoms with Crippen LogP contribution in [-0.2, 0) is 13.0 Å². The fraction of sp³-hybridized carbons (Fsp3) is 0.500. The number of rotatable bonds is 7. The van der Waals surface area contributed by atoms with Crippen LogP contribution in [0.15, 0.2) is 23.1 Å². The number of nitrogens with zero attached hydrogens (tertiary/aromatic N) is 4. The monoisotopic (exact) mass is 255 g/mol. The van der Waals surface area contributed by atoms with E-state index >= 15 is 0 Å². The van der Waals surface area contributed by atoms with E-state index in [0.29, 0.717) is 24.2 Å². The van der Waals surface area contributed by atoms with Gasteiger partial charge in [-0.1, -0.05) is 5.10 Å². The lowest BCUT2D eigenvalue weighted by molar-refractivity contribution is 0.510. The van der Waals surface area contributed by atoms with Crippen LogP contribution >= 0.6 is 11.6 Å². The second kappa shape index (κ2) is 6.24. The van der Waals surface area contributed by atoms with Crippen LogP contribution in [0.4, 0.5) is 6.01 Å². The maximum absolute atomic E-state index is 5.57. The normalized spacial score (nSPS) is 10.6. The van der Waals surface area contributed by atoms with Crippen molar-refractivity contribution >= 4 is 17.6 Å². The lowest BCUT2D eigenvalue weighted by Crippen LogP contribution is -2.05. The third kappa shape index (κ3) is 3.74. The van der Waals surface area contributed by atoms with Crippen LogP contribution in [-0.4, -0.2) is 32.2 Å². The van der Waals surface area contributed by atoms with Crippen molar-refractivity contribution in [3.8, 4) is 0 Å². The minimum Gasteiger partial charge on any atom is -0.408 e. The van der Waals surface area contributed by atoms with Gasteiger partial charge in [-0.15, -0.1) is 16.7 Å². The number of alkyl halides is 1. The van der Waals surface area contributed by atoms with Crippen molar-refractivity contribution in [3.63, 3.8) is 0 Å². The first kappa shape index (κ1) is 11.9. The van der Waals surface area contributed by atoms with Gasteiger partial charge in [0, 0.05) is 37.8 Å². The van der Waals surface area contributed by atoms with Gasteiger partial charge in [-0.05, 0) is 6.42 Å². The van der Waals surface area contributed by atoms with Gasteiger partial charge in [-0.2, -0.15) is 0 Å². The molecule has 0 saturated heterocycles. The molecule has 17 heavy (non-hydrogen) atoms. The zero-order chi connectivity index (χ0) is 11.9. The van der Waals surface area contributed by atoms with Crippen LogP contribution in [0, 0.1) is 0 Å². The second-order valence-electron chi connectivity index (χ2n) is 3.52. The quantitative estimate of drug-likeness (QED) is 0.601. The number of nitrogens with one attached hydrogen (secondary N) is 1. The Bertz CT molecular complexity index is 428. The first-order chi connectivity index (χ1) is 8.38. The van der Waals surface area contributed by atoms with Gasteiger partial charge in [-0.25, -0.2) is 4.98 Å². The van der Waals surface area contributed by atoms with Crippen LogP contribution in [0.5, 0.6) is 0 Å². The molecule has 2 aromatic heterocycles. The van der Waals surface area contributed by atoms with Gasteiger partial charge in [0.25, 0.3) is 0 Å². The number of hydrogen-bond acceptors (Lipinski definition) is 5. The molecule has 0 aliphatic carbocycles. The Balaban J connectivity index is 1.67. The standard InChI is InChI=1S/C10H14ClN5O/c11-3-2-9-14-15-10(17-9)13-4-1-6-16-7-5-12-8-16/h5,7-8H,1-4,6H2,(H,13,15). The van der Waals surface area contributed by atoms with E-state index in [9.17, 15) is 0 Å². The van der Waals surface area contributed by atoms with Gasteiger partial charge in [0.2, 0.25) is 5.89 Å². The summed E-state index contributed by atoms with van der Waals surface area (Å²) in [6, 6.07) is 0.454. The van der Waals surface area contributed by atoms with Crippen LogP contribution < -0.4 is 5.32 Å². The van der Waals surface area contributed by atoms with E-state index in [1.165, 1.54) is 0 Å². The molecule has 0 unspecified atom stereocenters.